The zero-order chi connectivity index (χ0) is 18.1. The van der Waals surface area contributed by atoms with Crippen molar-refractivity contribution in [1.29, 1.82) is 0 Å². The predicted octanol–water partition coefficient (Wildman–Crippen LogP) is 2.78. The molecule has 1 aliphatic heterocycles. The standard InChI is InChI=1S/C18H20O7/c1-9-17(24-8-21-2)12-6-10-5-11(22-3)7-13(23-4)14(10)16(19)15(12)18(20)25-9/h5-7,9,17,19H,8H2,1-4H3/t9-,17-/m0/s1. The van der Waals surface area contributed by atoms with E-state index in [0.717, 1.165) is 0 Å². The molecule has 1 heterocycles. The third-order valence-electron chi connectivity index (χ3n) is 4.23. The number of carbonyl (C=O) groups is 1. The van der Waals surface area contributed by atoms with Crippen molar-refractivity contribution in [3.8, 4) is 17.2 Å². The van der Waals surface area contributed by atoms with Crippen LogP contribution in [0.25, 0.3) is 10.8 Å². The van der Waals surface area contributed by atoms with Crippen LogP contribution in [0, 0.1) is 0 Å². The largest absolute Gasteiger partial charge is 0.506 e. The number of rotatable bonds is 5. The summed E-state index contributed by atoms with van der Waals surface area (Å²) in [7, 11) is 4.54. The highest BCUT2D eigenvalue weighted by atomic mass is 16.7. The zero-order valence-corrected chi connectivity index (χ0v) is 14.5. The first-order valence-electron chi connectivity index (χ1n) is 7.75. The molecule has 0 radical (unpaired) electrons. The van der Waals surface area contributed by atoms with E-state index in [4.69, 9.17) is 23.7 Å². The van der Waals surface area contributed by atoms with Crippen LogP contribution in [0.3, 0.4) is 0 Å². The lowest BCUT2D eigenvalue weighted by Gasteiger charge is -2.31. The molecule has 1 N–H and O–H groups in total. The van der Waals surface area contributed by atoms with Crippen LogP contribution < -0.4 is 9.47 Å². The Hall–Kier alpha value is -2.51. The summed E-state index contributed by atoms with van der Waals surface area (Å²) in [4.78, 5) is 12.4. The van der Waals surface area contributed by atoms with Crippen molar-refractivity contribution in [1.82, 2.24) is 0 Å². The van der Waals surface area contributed by atoms with E-state index in [1.807, 2.05) is 0 Å². The molecule has 134 valence electrons. The van der Waals surface area contributed by atoms with E-state index in [2.05, 4.69) is 0 Å². The summed E-state index contributed by atoms with van der Waals surface area (Å²) in [6, 6.07) is 5.19. The number of benzene rings is 2. The number of cyclic esters (lactones) is 1. The van der Waals surface area contributed by atoms with Crippen LogP contribution in [0.2, 0.25) is 0 Å². The molecule has 0 amide bonds. The molecular formula is C18H20O7. The average Bonchev–Trinajstić information content (AvgIpc) is 2.60. The maximum Gasteiger partial charge on any atom is 0.342 e. The van der Waals surface area contributed by atoms with Gasteiger partial charge < -0.3 is 28.8 Å². The summed E-state index contributed by atoms with van der Waals surface area (Å²) < 4.78 is 26.6. The molecule has 0 bridgehead atoms. The molecule has 3 rings (SSSR count). The lowest BCUT2D eigenvalue weighted by molar-refractivity contribution is -0.118. The normalized spacial score (nSPS) is 19.4. The summed E-state index contributed by atoms with van der Waals surface area (Å²) in [5.41, 5.74) is 0.622. The molecule has 2 atom stereocenters. The quantitative estimate of drug-likeness (QED) is 0.657. The highest BCUT2D eigenvalue weighted by Crippen LogP contribution is 2.45. The van der Waals surface area contributed by atoms with Gasteiger partial charge >= 0.3 is 5.97 Å². The molecule has 2 aromatic carbocycles. The number of phenolic OH excluding ortho intramolecular Hbond substituents is 1. The van der Waals surface area contributed by atoms with Crippen LogP contribution in [0.1, 0.15) is 28.9 Å². The third-order valence-corrected chi connectivity index (χ3v) is 4.23. The van der Waals surface area contributed by atoms with Crippen LogP contribution in [-0.2, 0) is 14.2 Å². The first-order chi connectivity index (χ1) is 12.0. The second-order valence-electron chi connectivity index (χ2n) is 5.72. The highest BCUT2D eigenvalue weighted by molar-refractivity contribution is 6.06. The molecule has 0 aliphatic carbocycles. The zero-order valence-electron chi connectivity index (χ0n) is 14.5. The number of aromatic hydroxyl groups is 1. The van der Waals surface area contributed by atoms with E-state index in [0.29, 0.717) is 27.8 Å². The molecule has 0 spiro atoms. The molecular weight excluding hydrogens is 328 g/mol. The fourth-order valence-corrected chi connectivity index (χ4v) is 3.11. The molecule has 0 aromatic heterocycles. The van der Waals surface area contributed by atoms with Crippen molar-refractivity contribution in [2.75, 3.05) is 28.1 Å². The number of hydrogen-bond acceptors (Lipinski definition) is 7. The summed E-state index contributed by atoms with van der Waals surface area (Å²) in [5.74, 6) is 0.173. The number of ether oxygens (including phenoxy) is 5. The highest BCUT2D eigenvalue weighted by Gasteiger charge is 2.37. The van der Waals surface area contributed by atoms with Gasteiger partial charge in [0.25, 0.3) is 0 Å². The van der Waals surface area contributed by atoms with Gasteiger partial charge in [0.05, 0.1) is 19.6 Å². The van der Waals surface area contributed by atoms with Gasteiger partial charge in [-0.3, -0.25) is 0 Å². The van der Waals surface area contributed by atoms with Gasteiger partial charge in [0, 0.05) is 18.7 Å². The fraction of sp³-hybridized carbons (Fsp3) is 0.389. The fourth-order valence-electron chi connectivity index (χ4n) is 3.11. The number of methoxy groups -OCH3 is 3. The number of phenols is 1. The van der Waals surface area contributed by atoms with Gasteiger partial charge in [-0.25, -0.2) is 4.79 Å². The first-order valence-corrected chi connectivity index (χ1v) is 7.75. The predicted molar refractivity (Wildman–Crippen MR) is 89.3 cm³/mol. The van der Waals surface area contributed by atoms with E-state index < -0.39 is 18.2 Å². The van der Waals surface area contributed by atoms with E-state index in [1.165, 1.54) is 14.2 Å². The van der Waals surface area contributed by atoms with Crippen LogP contribution in [0.15, 0.2) is 18.2 Å². The van der Waals surface area contributed by atoms with Crippen molar-refractivity contribution >= 4 is 16.7 Å². The Bertz CT molecular complexity index is 815. The molecule has 0 fully saturated rings. The van der Waals surface area contributed by atoms with E-state index in [1.54, 1.807) is 32.2 Å². The van der Waals surface area contributed by atoms with Gasteiger partial charge in [-0.05, 0) is 24.4 Å². The average molecular weight is 348 g/mol. The first kappa shape index (κ1) is 17.3. The Morgan fingerprint density at radius 2 is 1.92 bits per heavy atom. The Morgan fingerprint density at radius 1 is 1.16 bits per heavy atom. The summed E-state index contributed by atoms with van der Waals surface area (Å²) in [5, 5.41) is 11.8. The van der Waals surface area contributed by atoms with Crippen molar-refractivity contribution in [2.45, 2.75) is 19.1 Å². The Morgan fingerprint density at radius 3 is 2.56 bits per heavy atom. The second-order valence-corrected chi connectivity index (χ2v) is 5.72. The smallest absolute Gasteiger partial charge is 0.342 e. The maximum atomic E-state index is 12.4. The molecule has 0 unspecified atom stereocenters. The lowest BCUT2D eigenvalue weighted by atomic mass is 9.91. The summed E-state index contributed by atoms with van der Waals surface area (Å²) >= 11 is 0. The minimum Gasteiger partial charge on any atom is -0.506 e. The molecule has 1 aliphatic rings. The van der Waals surface area contributed by atoms with Crippen LogP contribution in [0.5, 0.6) is 17.2 Å². The van der Waals surface area contributed by atoms with Gasteiger partial charge in [-0.2, -0.15) is 0 Å². The van der Waals surface area contributed by atoms with Gasteiger partial charge in [0.1, 0.15) is 41.8 Å². The lowest BCUT2D eigenvalue weighted by Crippen LogP contribution is -2.32. The van der Waals surface area contributed by atoms with E-state index >= 15 is 0 Å². The Balaban J connectivity index is 2.28. The van der Waals surface area contributed by atoms with Crippen molar-refractivity contribution < 1.29 is 33.6 Å². The van der Waals surface area contributed by atoms with Gasteiger partial charge in [-0.1, -0.05) is 0 Å². The number of carbonyl (C=O) groups excluding carboxylic acids is 1. The monoisotopic (exact) mass is 348 g/mol. The van der Waals surface area contributed by atoms with Gasteiger partial charge in [-0.15, -0.1) is 0 Å². The number of hydrogen-bond donors (Lipinski definition) is 1. The minimum absolute atomic E-state index is 0.0340. The SMILES string of the molecule is COCO[C@@H]1c2cc3cc(OC)cc(OC)c3c(O)c2C(=O)O[C@H]1C. The molecule has 7 nitrogen and oxygen atoms in total. The van der Waals surface area contributed by atoms with Crippen LogP contribution >= 0.6 is 0 Å². The third kappa shape index (κ3) is 2.85. The summed E-state index contributed by atoms with van der Waals surface area (Å²) in [6.07, 6.45) is -1.07. The second kappa shape index (κ2) is 6.78. The molecule has 7 heteroatoms. The van der Waals surface area contributed by atoms with Crippen molar-refractivity contribution in [3.05, 3.63) is 29.3 Å². The number of fused-ring (bicyclic) bond motifs is 2. The summed E-state index contributed by atoms with van der Waals surface area (Å²) in [6.45, 7) is 1.76. The van der Waals surface area contributed by atoms with Crippen molar-refractivity contribution in [3.63, 3.8) is 0 Å². The Labute approximate surface area is 145 Å². The maximum absolute atomic E-state index is 12.4. The van der Waals surface area contributed by atoms with E-state index in [-0.39, 0.29) is 18.1 Å². The molecule has 0 saturated carbocycles. The molecule has 25 heavy (non-hydrogen) atoms. The molecule has 2 aromatic rings. The topological polar surface area (TPSA) is 83.5 Å². The number of esters is 1. The van der Waals surface area contributed by atoms with Gasteiger partial charge in [0.2, 0.25) is 0 Å². The van der Waals surface area contributed by atoms with Crippen LogP contribution in [0.4, 0.5) is 0 Å². The van der Waals surface area contributed by atoms with Crippen LogP contribution in [-0.4, -0.2) is 45.3 Å². The minimum atomic E-state index is -0.600. The molecule has 0 saturated heterocycles. The van der Waals surface area contributed by atoms with E-state index in [9.17, 15) is 9.90 Å². The van der Waals surface area contributed by atoms with Crippen molar-refractivity contribution in [2.24, 2.45) is 0 Å². The Kier molecular flexibility index (Phi) is 4.69. The van der Waals surface area contributed by atoms with Gasteiger partial charge in [0.15, 0.2) is 0 Å².